The lowest BCUT2D eigenvalue weighted by molar-refractivity contribution is -0.114. The van der Waals surface area contributed by atoms with E-state index in [1.165, 1.54) is 11.8 Å². The Morgan fingerprint density at radius 2 is 1.86 bits per heavy atom. The van der Waals surface area contributed by atoms with E-state index < -0.39 is 10.0 Å². The SMILES string of the molecule is CO[C@H]1CN(C2CCN(S(C)(=O)=O)CC2)[C@H]1c1ccncc1. The highest BCUT2D eigenvalue weighted by Gasteiger charge is 2.44. The maximum absolute atomic E-state index is 11.6. The minimum atomic E-state index is -3.06. The molecule has 0 radical (unpaired) electrons. The minimum Gasteiger partial charge on any atom is -0.378 e. The van der Waals surface area contributed by atoms with Crippen molar-refractivity contribution in [1.29, 1.82) is 0 Å². The van der Waals surface area contributed by atoms with Gasteiger partial charge in [0.1, 0.15) is 0 Å². The first-order valence-electron chi connectivity index (χ1n) is 7.64. The molecule has 1 aromatic heterocycles. The van der Waals surface area contributed by atoms with Crippen molar-refractivity contribution in [3.05, 3.63) is 30.1 Å². The van der Waals surface area contributed by atoms with Crippen LogP contribution in [0.3, 0.4) is 0 Å². The van der Waals surface area contributed by atoms with E-state index in [1.54, 1.807) is 11.4 Å². The largest absolute Gasteiger partial charge is 0.378 e. The molecule has 2 fully saturated rings. The lowest BCUT2D eigenvalue weighted by atomic mass is 9.87. The van der Waals surface area contributed by atoms with E-state index in [0.29, 0.717) is 19.1 Å². The fourth-order valence-electron chi connectivity index (χ4n) is 3.55. The molecule has 0 spiro atoms. The molecular formula is C15H23N3O3S. The Kier molecular flexibility index (Phi) is 4.49. The third-order valence-electron chi connectivity index (χ3n) is 4.81. The number of piperidine rings is 1. The number of sulfonamides is 1. The van der Waals surface area contributed by atoms with Gasteiger partial charge in [-0.05, 0) is 30.5 Å². The predicted molar refractivity (Wildman–Crippen MR) is 83.9 cm³/mol. The maximum Gasteiger partial charge on any atom is 0.211 e. The Balaban J connectivity index is 1.68. The summed E-state index contributed by atoms with van der Waals surface area (Å²) in [6.07, 6.45) is 6.87. The summed E-state index contributed by atoms with van der Waals surface area (Å²) >= 11 is 0. The number of hydrogen-bond donors (Lipinski definition) is 0. The van der Waals surface area contributed by atoms with E-state index in [-0.39, 0.29) is 12.1 Å². The Morgan fingerprint density at radius 3 is 2.41 bits per heavy atom. The van der Waals surface area contributed by atoms with Gasteiger partial charge >= 0.3 is 0 Å². The second-order valence-electron chi connectivity index (χ2n) is 6.09. The molecule has 0 bridgehead atoms. The molecular weight excluding hydrogens is 302 g/mol. The fourth-order valence-corrected chi connectivity index (χ4v) is 4.42. The van der Waals surface area contributed by atoms with Crippen LogP contribution >= 0.6 is 0 Å². The summed E-state index contributed by atoms with van der Waals surface area (Å²) < 4.78 is 30.4. The quantitative estimate of drug-likeness (QED) is 0.822. The zero-order valence-electron chi connectivity index (χ0n) is 13.1. The van der Waals surface area contributed by atoms with E-state index in [1.807, 2.05) is 24.5 Å². The van der Waals surface area contributed by atoms with E-state index in [4.69, 9.17) is 4.74 Å². The molecule has 1 aromatic rings. The Hall–Kier alpha value is -1.02. The van der Waals surface area contributed by atoms with Crippen LogP contribution in [0.25, 0.3) is 0 Å². The molecule has 3 heterocycles. The predicted octanol–water partition coefficient (Wildman–Crippen LogP) is 0.877. The van der Waals surface area contributed by atoms with Crippen LogP contribution in [0.1, 0.15) is 24.4 Å². The molecule has 2 aliphatic heterocycles. The Labute approximate surface area is 132 Å². The number of hydrogen-bond acceptors (Lipinski definition) is 5. The summed E-state index contributed by atoms with van der Waals surface area (Å²) in [6.45, 7) is 2.13. The van der Waals surface area contributed by atoms with Crippen molar-refractivity contribution in [2.45, 2.75) is 31.0 Å². The highest BCUT2D eigenvalue weighted by Crippen LogP contribution is 2.39. The average Bonchev–Trinajstić information content (AvgIpc) is 2.47. The number of likely N-dealkylation sites (tertiary alicyclic amines) is 1. The van der Waals surface area contributed by atoms with Crippen LogP contribution in [0.5, 0.6) is 0 Å². The van der Waals surface area contributed by atoms with Gasteiger partial charge in [0.2, 0.25) is 10.0 Å². The highest BCUT2D eigenvalue weighted by atomic mass is 32.2. The van der Waals surface area contributed by atoms with Crippen molar-refractivity contribution in [3.8, 4) is 0 Å². The molecule has 22 heavy (non-hydrogen) atoms. The van der Waals surface area contributed by atoms with Gasteiger partial charge < -0.3 is 4.74 Å². The number of methoxy groups -OCH3 is 1. The number of aromatic nitrogens is 1. The van der Waals surface area contributed by atoms with E-state index in [2.05, 4.69) is 9.88 Å². The summed E-state index contributed by atoms with van der Waals surface area (Å²) in [4.78, 5) is 6.53. The number of rotatable bonds is 4. The molecule has 6 nitrogen and oxygen atoms in total. The second-order valence-corrected chi connectivity index (χ2v) is 8.07. The number of pyridine rings is 1. The fraction of sp³-hybridized carbons (Fsp3) is 0.667. The van der Waals surface area contributed by atoms with Crippen LogP contribution < -0.4 is 0 Å². The molecule has 0 aliphatic carbocycles. The van der Waals surface area contributed by atoms with Gasteiger partial charge in [-0.25, -0.2) is 12.7 Å². The van der Waals surface area contributed by atoms with Gasteiger partial charge in [-0.2, -0.15) is 0 Å². The average molecular weight is 325 g/mol. The van der Waals surface area contributed by atoms with Crippen LogP contribution in [-0.2, 0) is 14.8 Å². The van der Waals surface area contributed by atoms with Crippen molar-refractivity contribution in [1.82, 2.24) is 14.2 Å². The van der Waals surface area contributed by atoms with Crippen molar-refractivity contribution in [2.24, 2.45) is 0 Å². The van der Waals surface area contributed by atoms with Crippen LogP contribution in [0.2, 0.25) is 0 Å². The van der Waals surface area contributed by atoms with E-state index in [0.717, 1.165) is 19.4 Å². The Morgan fingerprint density at radius 1 is 1.23 bits per heavy atom. The minimum absolute atomic E-state index is 0.204. The molecule has 0 amide bonds. The second kappa shape index (κ2) is 6.23. The molecule has 122 valence electrons. The van der Waals surface area contributed by atoms with Crippen LogP contribution in [0.15, 0.2) is 24.5 Å². The van der Waals surface area contributed by atoms with Gasteiger partial charge in [0.15, 0.2) is 0 Å². The van der Waals surface area contributed by atoms with Gasteiger partial charge in [0, 0.05) is 45.2 Å². The summed E-state index contributed by atoms with van der Waals surface area (Å²) in [5, 5.41) is 0. The van der Waals surface area contributed by atoms with Crippen molar-refractivity contribution >= 4 is 10.0 Å². The van der Waals surface area contributed by atoms with Crippen molar-refractivity contribution < 1.29 is 13.2 Å². The molecule has 0 unspecified atom stereocenters. The normalized spacial score (nSPS) is 28.5. The zero-order valence-corrected chi connectivity index (χ0v) is 13.9. The summed E-state index contributed by atoms with van der Waals surface area (Å²) in [5.41, 5.74) is 1.22. The summed E-state index contributed by atoms with van der Waals surface area (Å²) in [5.74, 6) is 0. The van der Waals surface area contributed by atoms with Crippen molar-refractivity contribution in [3.63, 3.8) is 0 Å². The first-order valence-corrected chi connectivity index (χ1v) is 9.49. The van der Waals surface area contributed by atoms with Gasteiger partial charge in [-0.15, -0.1) is 0 Å². The summed E-state index contributed by atoms with van der Waals surface area (Å²) in [7, 11) is -1.31. The molecule has 3 rings (SSSR count). The molecule has 2 atom stereocenters. The lowest BCUT2D eigenvalue weighted by Gasteiger charge is -2.52. The van der Waals surface area contributed by atoms with Gasteiger partial charge in [-0.1, -0.05) is 0 Å². The number of ether oxygens (including phenoxy) is 1. The first kappa shape index (κ1) is 15.9. The van der Waals surface area contributed by atoms with Gasteiger partial charge in [0.05, 0.1) is 18.4 Å². The molecule has 0 saturated carbocycles. The lowest BCUT2D eigenvalue weighted by Crippen LogP contribution is -2.60. The molecule has 0 N–H and O–H groups in total. The smallest absolute Gasteiger partial charge is 0.211 e. The molecule has 2 aliphatic rings. The molecule has 0 aromatic carbocycles. The van der Waals surface area contributed by atoms with E-state index in [9.17, 15) is 8.42 Å². The van der Waals surface area contributed by atoms with Crippen molar-refractivity contribution in [2.75, 3.05) is 33.0 Å². The van der Waals surface area contributed by atoms with Gasteiger partial charge in [0.25, 0.3) is 0 Å². The Bertz CT molecular complexity index is 600. The van der Waals surface area contributed by atoms with Gasteiger partial charge in [-0.3, -0.25) is 9.88 Å². The zero-order chi connectivity index (χ0) is 15.7. The molecule has 7 heteroatoms. The van der Waals surface area contributed by atoms with Crippen LogP contribution in [0.4, 0.5) is 0 Å². The number of nitrogens with zero attached hydrogens (tertiary/aromatic N) is 3. The summed E-state index contributed by atoms with van der Waals surface area (Å²) in [6, 6.07) is 4.74. The third kappa shape index (κ3) is 3.03. The topological polar surface area (TPSA) is 62.7 Å². The monoisotopic (exact) mass is 325 g/mol. The van der Waals surface area contributed by atoms with Crippen LogP contribution in [-0.4, -0.2) is 67.8 Å². The van der Waals surface area contributed by atoms with Crippen LogP contribution in [0, 0.1) is 0 Å². The first-order chi connectivity index (χ1) is 10.5. The highest BCUT2D eigenvalue weighted by molar-refractivity contribution is 7.88. The third-order valence-corrected chi connectivity index (χ3v) is 6.12. The molecule has 2 saturated heterocycles. The van der Waals surface area contributed by atoms with E-state index >= 15 is 0 Å². The maximum atomic E-state index is 11.6. The standard InChI is InChI=1S/C15H23N3O3S/c1-21-14-11-18(15(14)12-3-7-16-8-4-12)13-5-9-17(10-6-13)22(2,19)20/h3-4,7-8,13-15H,5-6,9-11H2,1-2H3/t14-,15-/m0/s1.